The number of nitrogens with zero attached hydrogens (tertiary/aromatic N) is 4. The van der Waals surface area contributed by atoms with Crippen molar-refractivity contribution in [2.45, 2.75) is 27.4 Å². The topological polar surface area (TPSA) is 123 Å². The highest BCUT2D eigenvalue weighted by molar-refractivity contribution is 5.99. The molecule has 2 aromatic carbocycles. The molecule has 38 heavy (non-hydrogen) atoms. The molecule has 4 rings (SSSR count). The van der Waals surface area contributed by atoms with E-state index < -0.39 is 0 Å². The second-order valence-corrected chi connectivity index (χ2v) is 8.95. The summed E-state index contributed by atoms with van der Waals surface area (Å²) in [5.41, 5.74) is 12.3. The lowest BCUT2D eigenvalue weighted by molar-refractivity contribution is -0.122. The van der Waals surface area contributed by atoms with E-state index in [9.17, 15) is 9.59 Å². The lowest BCUT2D eigenvalue weighted by Crippen LogP contribution is -2.38. The molecule has 0 saturated carbocycles. The van der Waals surface area contributed by atoms with Gasteiger partial charge in [0.25, 0.3) is 0 Å². The number of pyridine rings is 1. The molecule has 0 fully saturated rings. The van der Waals surface area contributed by atoms with E-state index in [1.807, 2.05) is 51.1 Å². The van der Waals surface area contributed by atoms with Crippen molar-refractivity contribution in [1.29, 1.82) is 0 Å². The van der Waals surface area contributed by atoms with Crippen LogP contribution in [0.4, 0.5) is 11.5 Å². The Morgan fingerprint density at radius 3 is 2.63 bits per heavy atom. The van der Waals surface area contributed by atoms with Gasteiger partial charge in [-0.1, -0.05) is 12.1 Å². The Labute approximate surface area is 221 Å². The van der Waals surface area contributed by atoms with Crippen LogP contribution in [0.25, 0.3) is 17.1 Å². The van der Waals surface area contributed by atoms with Gasteiger partial charge in [0.15, 0.2) is 0 Å². The molecule has 0 bridgehead atoms. The highest BCUT2D eigenvalue weighted by Crippen LogP contribution is 2.28. The molecule has 9 heteroatoms. The average molecular weight is 511 g/mol. The summed E-state index contributed by atoms with van der Waals surface area (Å²) in [6.45, 7) is 6.02. The predicted octanol–water partition coefficient (Wildman–Crippen LogP) is 3.90. The van der Waals surface area contributed by atoms with Crippen LogP contribution < -0.4 is 20.7 Å². The highest BCUT2D eigenvalue weighted by Gasteiger charge is 2.17. The van der Waals surface area contributed by atoms with E-state index >= 15 is 0 Å². The summed E-state index contributed by atoms with van der Waals surface area (Å²) >= 11 is 0. The highest BCUT2D eigenvalue weighted by atomic mass is 16.5. The average Bonchev–Trinajstić information content (AvgIpc) is 2.91. The van der Waals surface area contributed by atoms with Gasteiger partial charge in [-0.15, -0.1) is 0 Å². The van der Waals surface area contributed by atoms with Crippen molar-refractivity contribution in [2.75, 3.05) is 24.2 Å². The van der Waals surface area contributed by atoms with E-state index in [4.69, 9.17) is 10.5 Å². The molecule has 3 N–H and O–H groups in total. The van der Waals surface area contributed by atoms with E-state index in [2.05, 4.69) is 20.3 Å². The van der Waals surface area contributed by atoms with E-state index in [-0.39, 0.29) is 18.4 Å². The number of hydrogen-bond donors (Lipinski definition) is 2. The molecular formula is C29H30N6O3. The molecule has 0 radical (unpaired) electrons. The van der Waals surface area contributed by atoms with Gasteiger partial charge in [-0.05, 0) is 79.4 Å². The Bertz CT molecular complexity index is 1520. The number of rotatable bonds is 8. The molecule has 0 atom stereocenters. The van der Waals surface area contributed by atoms with Crippen LogP contribution in [0.1, 0.15) is 27.9 Å². The molecule has 0 unspecified atom stereocenters. The number of fused-ring (bicyclic) bond motifs is 1. The Hall–Kier alpha value is -4.79. The third-order valence-corrected chi connectivity index (χ3v) is 6.22. The van der Waals surface area contributed by atoms with E-state index in [0.29, 0.717) is 23.7 Å². The Morgan fingerprint density at radius 2 is 1.87 bits per heavy atom. The van der Waals surface area contributed by atoms with Crippen molar-refractivity contribution in [3.8, 4) is 5.75 Å². The lowest BCUT2D eigenvalue weighted by Gasteiger charge is -2.23. The van der Waals surface area contributed by atoms with Crippen molar-refractivity contribution < 1.29 is 14.3 Å². The molecule has 0 saturated heterocycles. The lowest BCUT2D eigenvalue weighted by atomic mass is 10.0. The fraction of sp³-hybridized carbons (Fsp3) is 0.207. The Balaban J connectivity index is 1.42. The smallest absolute Gasteiger partial charge is 0.246 e. The van der Waals surface area contributed by atoms with Gasteiger partial charge in [-0.3, -0.25) is 14.6 Å². The normalized spacial score (nSPS) is 11.1. The van der Waals surface area contributed by atoms with Crippen molar-refractivity contribution in [1.82, 2.24) is 20.3 Å². The first-order valence-corrected chi connectivity index (χ1v) is 12.1. The number of nitrogens with one attached hydrogen (secondary N) is 1. The SMILES string of the molecule is Cc1cnc2cccc(OCc3c(C)ccc(N(C)C(=O)CNC(=O)/C=C/c4ccc(N)nc4)c3C)c2n1. The number of aryl methyl sites for hydroxylation is 2. The van der Waals surface area contributed by atoms with Crippen LogP contribution in [-0.2, 0) is 16.2 Å². The summed E-state index contributed by atoms with van der Waals surface area (Å²) in [6, 6.07) is 12.9. The largest absolute Gasteiger partial charge is 0.487 e. The van der Waals surface area contributed by atoms with Gasteiger partial charge < -0.3 is 20.7 Å². The molecule has 9 nitrogen and oxygen atoms in total. The fourth-order valence-corrected chi connectivity index (χ4v) is 3.99. The zero-order chi connectivity index (χ0) is 27.2. The second-order valence-electron chi connectivity index (χ2n) is 8.95. The molecule has 194 valence electrons. The van der Waals surface area contributed by atoms with Crippen molar-refractivity contribution >= 4 is 40.4 Å². The molecular weight excluding hydrogens is 480 g/mol. The van der Waals surface area contributed by atoms with E-state index in [1.54, 1.807) is 42.6 Å². The maximum absolute atomic E-state index is 12.9. The van der Waals surface area contributed by atoms with Crippen molar-refractivity contribution in [3.05, 3.63) is 88.9 Å². The third kappa shape index (κ3) is 6.12. The number of para-hydroxylation sites is 1. The molecule has 0 aliphatic carbocycles. The Kier molecular flexibility index (Phi) is 7.96. The molecule has 4 aromatic rings. The summed E-state index contributed by atoms with van der Waals surface area (Å²) in [7, 11) is 1.69. The molecule has 0 aliphatic heterocycles. The van der Waals surface area contributed by atoms with E-state index in [0.717, 1.165) is 39.2 Å². The summed E-state index contributed by atoms with van der Waals surface area (Å²) in [5, 5.41) is 2.63. The number of amides is 2. The Morgan fingerprint density at radius 1 is 1.05 bits per heavy atom. The van der Waals surface area contributed by atoms with Gasteiger partial charge in [-0.25, -0.2) is 9.97 Å². The van der Waals surface area contributed by atoms with Crippen molar-refractivity contribution in [3.63, 3.8) is 0 Å². The van der Waals surface area contributed by atoms with Gasteiger partial charge >= 0.3 is 0 Å². The number of hydrogen-bond acceptors (Lipinski definition) is 7. The number of anilines is 2. The van der Waals surface area contributed by atoms with Crippen LogP contribution in [0.15, 0.2) is 60.9 Å². The molecule has 0 aliphatic rings. The number of benzene rings is 2. The van der Waals surface area contributed by atoms with Crippen LogP contribution in [0, 0.1) is 20.8 Å². The third-order valence-electron chi connectivity index (χ3n) is 6.22. The number of ether oxygens (including phenoxy) is 1. The van der Waals surface area contributed by atoms with Crippen molar-refractivity contribution in [2.24, 2.45) is 0 Å². The first kappa shape index (κ1) is 26.3. The minimum atomic E-state index is -0.383. The monoisotopic (exact) mass is 510 g/mol. The van der Waals surface area contributed by atoms with Crippen LogP contribution in [-0.4, -0.2) is 40.4 Å². The number of nitrogen functional groups attached to an aromatic ring is 1. The maximum atomic E-state index is 12.9. The zero-order valence-electron chi connectivity index (χ0n) is 21.9. The quantitative estimate of drug-likeness (QED) is 0.345. The number of nitrogens with two attached hydrogens (primary N) is 1. The summed E-state index contributed by atoms with van der Waals surface area (Å²) < 4.78 is 6.18. The predicted molar refractivity (Wildman–Crippen MR) is 149 cm³/mol. The molecule has 0 spiro atoms. The van der Waals surface area contributed by atoms with Gasteiger partial charge in [0.05, 0.1) is 17.8 Å². The molecule has 2 heterocycles. The number of aromatic nitrogens is 3. The van der Waals surface area contributed by atoms with Gasteiger partial charge in [-0.2, -0.15) is 0 Å². The number of carbonyl (C=O) groups is 2. The van der Waals surface area contributed by atoms with Crippen LogP contribution in [0.5, 0.6) is 5.75 Å². The summed E-state index contributed by atoms with van der Waals surface area (Å²) in [5.74, 6) is 0.420. The fourth-order valence-electron chi connectivity index (χ4n) is 3.99. The van der Waals surface area contributed by atoms with Crippen LogP contribution in [0.3, 0.4) is 0 Å². The van der Waals surface area contributed by atoms with E-state index in [1.165, 1.54) is 6.08 Å². The number of likely N-dealkylation sites (N-methyl/N-ethyl adjacent to an activating group) is 1. The first-order valence-electron chi connectivity index (χ1n) is 12.1. The zero-order valence-corrected chi connectivity index (χ0v) is 21.9. The standard InChI is InChI=1S/C29H30N6O3/c1-18-8-11-24(35(4)28(37)16-33-27(36)13-10-21-9-12-26(30)32-15-21)20(3)22(18)17-38-25-7-5-6-23-29(25)34-19(2)14-31-23/h5-15H,16-17H2,1-4H3,(H2,30,32)(H,33,36)/b13-10+. The summed E-state index contributed by atoms with van der Waals surface area (Å²) in [6.07, 6.45) is 6.25. The number of carbonyl (C=O) groups excluding carboxylic acids is 2. The maximum Gasteiger partial charge on any atom is 0.246 e. The van der Waals surface area contributed by atoms with Crippen LogP contribution in [0.2, 0.25) is 0 Å². The van der Waals surface area contributed by atoms with Crippen LogP contribution >= 0.6 is 0 Å². The van der Waals surface area contributed by atoms with Gasteiger partial charge in [0.1, 0.15) is 23.7 Å². The minimum absolute atomic E-state index is 0.146. The summed E-state index contributed by atoms with van der Waals surface area (Å²) in [4.78, 5) is 39.6. The van der Waals surface area contributed by atoms with Gasteiger partial charge in [0.2, 0.25) is 11.8 Å². The minimum Gasteiger partial charge on any atom is -0.487 e. The van der Waals surface area contributed by atoms with Gasteiger partial charge in [0, 0.05) is 31.2 Å². The molecule has 2 amide bonds. The molecule has 2 aromatic heterocycles. The second kappa shape index (κ2) is 11.5. The first-order chi connectivity index (χ1) is 18.2.